The van der Waals surface area contributed by atoms with E-state index in [1.807, 2.05) is 0 Å². The Hall–Kier alpha value is -6.20. The number of methoxy groups -OCH3 is 6. The minimum absolute atomic E-state index is 0.0183. The normalized spacial score (nSPS) is 10.2. The van der Waals surface area contributed by atoms with Crippen LogP contribution < -0.4 is 39.9 Å². The van der Waals surface area contributed by atoms with E-state index in [4.69, 9.17) is 39.9 Å². The molecule has 0 spiro atoms. The monoisotopic (exact) mass is 710 g/mol. The summed E-state index contributed by atoms with van der Waals surface area (Å²) in [6, 6.07) is 15.0. The first-order chi connectivity index (χ1) is 24.2. The molecule has 0 aliphatic rings. The number of aromatic nitrogens is 2. The fraction of sp³-hybridized carbons (Fsp3) is 0.235. The number of pyridine rings is 2. The lowest BCUT2D eigenvalue weighted by molar-refractivity contribution is 0.324. The van der Waals surface area contributed by atoms with Crippen LogP contribution in [0.25, 0.3) is 22.3 Å². The van der Waals surface area contributed by atoms with Gasteiger partial charge in [-0.15, -0.1) is 23.5 Å². The highest BCUT2D eigenvalue weighted by Gasteiger charge is 2.26. The van der Waals surface area contributed by atoms with E-state index in [1.54, 1.807) is 24.3 Å². The summed E-state index contributed by atoms with van der Waals surface area (Å²) in [6.07, 6.45) is 0. The maximum Gasteiger partial charge on any atom is 0.203 e. The summed E-state index contributed by atoms with van der Waals surface area (Å²) >= 11 is 2.46. The second-order valence-corrected chi connectivity index (χ2v) is 12.0. The van der Waals surface area contributed by atoms with Crippen LogP contribution in [0.1, 0.15) is 22.3 Å². The van der Waals surface area contributed by atoms with Crippen molar-refractivity contribution in [1.82, 2.24) is 9.97 Å². The summed E-state index contributed by atoms with van der Waals surface area (Å²) in [6.45, 7) is 0. The number of rotatable bonds is 13. The average molecular weight is 711 g/mol. The van der Waals surface area contributed by atoms with Crippen molar-refractivity contribution in [3.8, 4) is 81.0 Å². The first-order valence-corrected chi connectivity index (χ1v) is 16.3. The SMILES string of the molecule is COc1cc(-c2c(C#N)c(N)nc(SCCSc3nc(N)c(C#N)c(-c4cc(OC)c(OC)c(OC)c4)c3C#N)c2C#N)cc(OC)c1OC. The van der Waals surface area contributed by atoms with Crippen LogP contribution in [0, 0.1) is 45.3 Å². The lowest BCUT2D eigenvalue weighted by Gasteiger charge is -2.17. The molecule has 0 radical (unpaired) electrons. The highest BCUT2D eigenvalue weighted by Crippen LogP contribution is 2.46. The quantitative estimate of drug-likeness (QED) is 0.131. The first-order valence-electron chi connectivity index (χ1n) is 14.3. The van der Waals surface area contributed by atoms with Gasteiger partial charge in [-0.2, -0.15) is 21.0 Å². The Bertz CT molecular complexity index is 1930. The van der Waals surface area contributed by atoms with Crippen LogP contribution in [-0.2, 0) is 0 Å². The number of nitrogens with zero attached hydrogens (tertiary/aromatic N) is 6. The molecule has 14 nitrogen and oxygen atoms in total. The van der Waals surface area contributed by atoms with Crippen LogP contribution >= 0.6 is 23.5 Å². The van der Waals surface area contributed by atoms with Crippen molar-refractivity contribution in [2.75, 3.05) is 65.6 Å². The van der Waals surface area contributed by atoms with Gasteiger partial charge in [-0.25, -0.2) is 9.97 Å². The number of hydrogen-bond donors (Lipinski definition) is 2. The molecule has 4 aromatic rings. The Morgan fingerprint density at radius 1 is 0.520 bits per heavy atom. The van der Waals surface area contributed by atoms with Crippen LogP contribution in [0.15, 0.2) is 34.3 Å². The van der Waals surface area contributed by atoms with Crippen molar-refractivity contribution >= 4 is 35.2 Å². The second kappa shape index (κ2) is 16.3. The lowest BCUT2D eigenvalue weighted by atomic mass is 9.96. The molecule has 0 aliphatic carbocycles. The molecule has 0 aliphatic heterocycles. The van der Waals surface area contributed by atoms with Gasteiger partial charge in [-0.1, -0.05) is 0 Å². The van der Waals surface area contributed by atoms with E-state index >= 15 is 0 Å². The lowest BCUT2D eigenvalue weighted by Crippen LogP contribution is -2.05. The van der Waals surface area contributed by atoms with Crippen molar-refractivity contribution in [2.45, 2.75) is 10.1 Å². The van der Waals surface area contributed by atoms with Crippen LogP contribution in [0.4, 0.5) is 11.6 Å². The number of hydrogen-bond acceptors (Lipinski definition) is 16. The average Bonchev–Trinajstić information content (AvgIpc) is 3.14. The molecule has 0 saturated heterocycles. The summed E-state index contributed by atoms with van der Waals surface area (Å²) in [5, 5.41) is 41.2. The second-order valence-electron chi connectivity index (χ2n) is 9.83. The van der Waals surface area contributed by atoms with Gasteiger partial charge in [-0.05, 0) is 35.4 Å². The van der Waals surface area contributed by atoms with E-state index in [1.165, 1.54) is 66.2 Å². The molecular weight excluding hydrogens is 681 g/mol. The van der Waals surface area contributed by atoms with E-state index in [0.29, 0.717) is 67.2 Å². The Kier molecular flexibility index (Phi) is 11.9. The molecule has 2 aromatic carbocycles. The van der Waals surface area contributed by atoms with Crippen molar-refractivity contribution < 1.29 is 28.4 Å². The molecule has 16 heteroatoms. The molecule has 50 heavy (non-hydrogen) atoms. The highest BCUT2D eigenvalue weighted by atomic mass is 32.2. The fourth-order valence-electron chi connectivity index (χ4n) is 5.11. The van der Waals surface area contributed by atoms with Crippen LogP contribution in [-0.4, -0.2) is 64.1 Å². The van der Waals surface area contributed by atoms with E-state index in [-0.39, 0.29) is 45.0 Å². The maximum atomic E-state index is 10.3. The number of nitrogens with two attached hydrogens (primary N) is 2. The number of ether oxygens (including phenoxy) is 6. The summed E-state index contributed by atoms with van der Waals surface area (Å²) in [5.74, 6) is 2.60. The first kappa shape index (κ1) is 36.6. The summed E-state index contributed by atoms with van der Waals surface area (Å²) in [4.78, 5) is 8.75. The van der Waals surface area contributed by atoms with Gasteiger partial charge in [0.05, 0.1) is 53.8 Å². The molecule has 0 bridgehead atoms. The molecule has 0 fully saturated rings. The van der Waals surface area contributed by atoms with E-state index in [9.17, 15) is 21.0 Å². The molecular formula is C34H30N8O6S2. The molecule has 2 heterocycles. The standard InChI is InChI=1S/C34H30N8O6S2/c1-43-23-9-17(10-24(44-2)29(23)47-5)27-19(13-35)31(39)41-33(21(27)15-37)49-7-8-50-34-22(16-38)28(20(14-36)32(40)42-34)18-11-25(45-3)30(48-6)26(12-18)46-4/h9-12H,7-8H2,1-6H3,(H2,39,41)(H2,40,42). The molecule has 4 rings (SSSR count). The van der Waals surface area contributed by atoms with Gasteiger partial charge in [0.2, 0.25) is 11.5 Å². The summed E-state index contributed by atoms with van der Waals surface area (Å²) in [7, 11) is 8.76. The number of nitrogen functional groups attached to an aromatic ring is 2. The molecule has 254 valence electrons. The number of anilines is 2. The van der Waals surface area contributed by atoms with Crippen molar-refractivity contribution in [2.24, 2.45) is 0 Å². The molecule has 0 amide bonds. The van der Waals surface area contributed by atoms with E-state index < -0.39 is 0 Å². The Morgan fingerprint density at radius 2 is 0.820 bits per heavy atom. The minimum atomic E-state index is -0.0614. The Morgan fingerprint density at radius 3 is 1.06 bits per heavy atom. The fourth-order valence-corrected chi connectivity index (χ4v) is 7.07. The Labute approximate surface area is 297 Å². The summed E-state index contributed by atoms with van der Waals surface area (Å²) < 4.78 is 32.8. The molecule has 2 aromatic heterocycles. The predicted molar refractivity (Wildman–Crippen MR) is 188 cm³/mol. The topological polar surface area (TPSA) is 228 Å². The molecule has 4 N–H and O–H groups in total. The minimum Gasteiger partial charge on any atom is -0.493 e. The van der Waals surface area contributed by atoms with Crippen LogP contribution in [0.2, 0.25) is 0 Å². The molecule has 0 atom stereocenters. The van der Waals surface area contributed by atoms with Crippen LogP contribution in [0.3, 0.4) is 0 Å². The third-order valence-electron chi connectivity index (χ3n) is 7.30. The number of thioether (sulfide) groups is 2. The smallest absolute Gasteiger partial charge is 0.203 e. The molecule has 0 unspecified atom stereocenters. The van der Waals surface area contributed by atoms with Gasteiger partial charge in [0.1, 0.15) is 57.1 Å². The Balaban J connectivity index is 1.72. The van der Waals surface area contributed by atoms with Crippen molar-refractivity contribution in [3.05, 3.63) is 46.5 Å². The maximum absolute atomic E-state index is 10.3. The number of benzene rings is 2. The van der Waals surface area contributed by atoms with E-state index in [0.717, 1.165) is 0 Å². The van der Waals surface area contributed by atoms with Crippen molar-refractivity contribution in [3.63, 3.8) is 0 Å². The van der Waals surface area contributed by atoms with E-state index in [2.05, 4.69) is 34.2 Å². The highest BCUT2D eigenvalue weighted by molar-refractivity contribution is 8.03. The largest absolute Gasteiger partial charge is 0.493 e. The number of nitriles is 4. The third kappa shape index (κ3) is 6.85. The third-order valence-corrected chi connectivity index (χ3v) is 9.51. The zero-order chi connectivity index (χ0) is 36.5. The van der Waals surface area contributed by atoms with Crippen molar-refractivity contribution in [1.29, 1.82) is 21.0 Å². The molecule has 0 saturated carbocycles. The zero-order valence-corrected chi connectivity index (χ0v) is 29.5. The zero-order valence-electron chi connectivity index (χ0n) is 27.8. The van der Waals surface area contributed by atoms with Gasteiger partial charge in [0.25, 0.3) is 0 Å². The predicted octanol–water partition coefficient (Wildman–Crippen LogP) is 5.40. The van der Waals surface area contributed by atoms with Gasteiger partial charge < -0.3 is 39.9 Å². The van der Waals surface area contributed by atoms with Gasteiger partial charge >= 0.3 is 0 Å². The summed E-state index contributed by atoms with van der Waals surface area (Å²) in [5.41, 5.74) is 14.2. The van der Waals surface area contributed by atoms with Gasteiger partial charge in [0.15, 0.2) is 23.0 Å². The van der Waals surface area contributed by atoms with Crippen LogP contribution in [0.5, 0.6) is 34.5 Å². The van der Waals surface area contributed by atoms with Gasteiger partial charge in [-0.3, -0.25) is 0 Å². The van der Waals surface area contributed by atoms with Gasteiger partial charge in [0, 0.05) is 22.6 Å².